The predicted molar refractivity (Wildman–Crippen MR) is 139 cm³/mol. The SMILES string of the molecule is CCC1=C(CC2NCCc3cc(OC)c(OC)cc32)CC2c3cc(OC)c(OC)cc3CCC2C1. The van der Waals surface area contributed by atoms with Crippen molar-refractivity contribution < 1.29 is 18.9 Å². The lowest BCUT2D eigenvalue weighted by Crippen LogP contribution is -2.32. The average Bonchev–Trinajstić information content (AvgIpc) is 2.91. The van der Waals surface area contributed by atoms with Crippen LogP contribution in [0.4, 0.5) is 0 Å². The van der Waals surface area contributed by atoms with Gasteiger partial charge >= 0.3 is 0 Å². The van der Waals surface area contributed by atoms with E-state index in [4.69, 9.17) is 18.9 Å². The fraction of sp³-hybridized carbons (Fsp3) is 0.533. The van der Waals surface area contributed by atoms with Gasteiger partial charge in [0, 0.05) is 6.04 Å². The van der Waals surface area contributed by atoms with Crippen LogP contribution in [0, 0.1) is 5.92 Å². The van der Waals surface area contributed by atoms with Crippen molar-refractivity contribution in [3.05, 3.63) is 57.7 Å². The maximum atomic E-state index is 5.68. The molecule has 188 valence electrons. The van der Waals surface area contributed by atoms with E-state index in [0.717, 1.165) is 67.6 Å². The third kappa shape index (κ3) is 4.40. The first-order valence-corrected chi connectivity index (χ1v) is 13.0. The molecular weight excluding hydrogens is 438 g/mol. The summed E-state index contributed by atoms with van der Waals surface area (Å²) in [6.07, 6.45) is 7.95. The van der Waals surface area contributed by atoms with Crippen molar-refractivity contribution in [3.8, 4) is 23.0 Å². The largest absolute Gasteiger partial charge is 0.493 e. The fourth-order valence-corrected chi connectivity index (χ4v) is 6.71. The van der Waals surface area contributed by atoms with Gasteiger partial charge in [-0.1, -0.05) is 18.1 Å². The summed E-state index contributed by atoms with van der Waals surface area (Å²) in [5, 5.41) is 3.81. The van der Waals surface area contributed by atoms with Gasteiger partial charge in [-0.15, -0.1) is 0 Å². The molecular formula is C30H39NO4. The van der Waals surface area contributed by atoms with E-state index in [1.165, 1.54) is 35.1 Å². The Kier molecular flexibility index (Phi) is 6.97. The number of ether oxygens (including phenoxy) is 4. The van der Waals surface area contributed by atoms with Gasteiger partial charge in [0.25, 0.3) is 0 Å². The zero-order valence-electron chi connectivity index (χ0n) is 21.8. The van der Waals surface area contributed by atoms with Crippen molar-refractivity contribution in [1.29, 1.82) is 0 Å². The van der Waals surface area contributed by atoms with Gasteiger partial charge in [0.2, 0.25) is 0 Å². The van der Waals surface area contributed by atoms with Gasteiger partial charge in [-0.2, -0.15) is 0 Å². The summed E-state index contributed by atoms with van der Waals surface area (Å²) in [4.78, 5) is 0. The molecule has 0 saturated heterocycles. The molecule has 0 aromatic heterocycles. The number of hydrogen-bond donors (Lipinski definition) is 1. The zero-order valence-corrected chi connectivity index (χ0v) is 21.8. The highest BCUT2D eigenvalue weighted by molar-refractivity contribution is 5.52. The van der Waals surface area contributed by atoms with Crippen LogP contribution in [0.1, 0.15) is 73.2 Å². The minimum absolute atomic E-state index is 0.306. The van der Waals surface area contributed by atoms with E-state index in [9.17, 15) is 0 Å². The minimum atomic E-state index is 0.306. The first-order chi connectivity index (χ1) is 17.1. The second kappa shape index (κ2) is 10.1. The summed E-state index contributed by atoms with van der Waals surface area (Å²) in [5.74, 6) is 4.60. The van der Waals surface area contributed by atoms with Crippen LogP contribution in [-0.2, 0) is 12.8 Å². The van der Waals surface area contributed by atoms with Crippen LogP contribution in [0.2, 0.25) is 0 Å². The molecule has 3 aliphatic rings. The van der Waals surface area contributed by atoms with Crippen LogP contribution in [0.5, 0.6) is 23.0 Å². The van der Waals surface area contributed by atoms with E-state index in [-0.39, 0.29) is 0 Å². The summed E-state index contributed by atoms with van der Waals surface area (Å²) in [6, 6.07) is 9.13. The molecule has 0 spiro atoms. The lowest BCUT2D eigenvalue weighted by Gasteiger charge is -2.41. The Balaban J connectivity index is 1.46. The predicted octanol–water partition coefficient (Wildman–Crippen LogP) is 6.14. The summed E-state index contributed by atoms with van der Waals surface area (Å²) in [5.41, 5.74) is 8.94. The molecule has 1 N–H and O–H groups in total. The Morgan fingerprint density at radius 2 is 1.34 bits per heavy atom. The highest BCUT2D eigenvalue weighted by Gasteiger charge is 2.36. The van der Waals surface area contributed by atoms with E-state index in [1.54, 1.807) is 39.6 Å². The highest BCUT2D eigenvalue weighted by atomic mass is 16.5. The van der Waals surface area contributed by atoms with Crippen LogP contribution in [0.25, 0.3) is 0 Å². The number of benzene rings is 2. The van der Waals surface area contributed by atoms with Gasteiger partial charge in [-0.3, -0.25) is 0 Å². The lowest BCUT2D eigenvalue weighted by molar-refractivity contribution is 0.324. The third-order valence-corrected chi connectivity index (χ3v) is 8.56. The van der Waals surface area contributed by atoms with Gasteiger partial charge in [0.15, 0.2) is 23.0 Å². The molecule has 5 heteroatoms. The molecule has 35 heavy (non-hydrogen) atoms. The molecule has 2 aromatic carbocycles. The second-order valence-corrected chi connectivity index (χ2v) is 10.1. The number of aryl methyl sites for hydroxylation is 1. The van der Waals surface area contributed by atoms with E-state index < -0.39 is 0 Å². The van der Waals surface area contributed by atoms with Crippen LogP contribution in [0.3, 0.4) is 0 Å². The molecule has 2 aromatic rings. The molecule has 0 bridgehead atoms. The van der Waals surface area contributed by atoms with Crippen molar-refractivity contribution >= 4 is 0 Å². The van der Waals surface area contributed by atoms with Gasteiger partial charge in [0.05, 0.1) is 28.4 Å². The van der Waals surface area contributed by atoms with Gasteiger partial charge < -0.3 is 24.3 Å². The Morgan fingerprint density at radius 3 is 1.97 bits per heavy atom. The number of allylic oxidation sites excluding steroid dienone is 1. The maximum Gasteiger partial charge on any atom is 0.161 e. The van der Waals surface area contributed by atoms with Gasteiger partial charge in [-0.25, -0.2) is 0 Å². The minimum Gasteiger partial charge on any atom is -0.493 e. The summed E-state index contributed by atoms with van der Waals surface area (Å²) >= 11 is 0. The smallest absolute Gasteiger partial charge is 0.161 e. The standard InChI is InChI=1S/C30H39NO4/c1-6-18-11-19-7-8-20-14-27(32-2)29(34-4)16-24(20)23(19)12-22(18)13-26-25-17-30(35-5)28(33-3)15-21(25)9-10-31-26/h14-17,19,23,26,31H,6-13H2,1-5H3. The highest BCUT2D eigenvalue weighted by Crippen LogP contribution is 2.51. The second-order valence-electron chi connectivity index (χ2n) is 10.1. The molecule has 1 heterocycles. The van der Waals surface area contributed by atoms with Crippen molar-refractivity contribution in [2.24, 2.45) is 5.92 Å². The lowest BCUT2D eigenvalue weighted by atomic mass is 9.65. The zero-order chi connectivity index (χ0) is 24.5. The number of hydrogen-bond acceptors (Lipinski definition) is 5. The van der Waals surface area contributed by atoms with Crippen LogP contribution in [-0.4, -0.2) is 35.0 Å². The van der Waals surface area contributed by atoms with E-state index in [0.29, 0.717) is 12.0 Å². The van der Waals surface area contributed by atoms with Crippen molar-refractivity contribution in [2.45, 2.75) is 63.8 Å². The Morgan fingerprint density at radius 1 is 0.743 bits per heavy atom. The Bertz CT molecular complexity index is 1120. The van der Waals surface area contributed by atoms with Crippen molar-refractivity contribution in [3.63, 3.8) is 0 Å². The first kappa shape index (κ1) is 24.1. The molecule has 3 atom stereocenters. The summed E-state index contributed by atoms with van der Waals surface area (Å²) < 4.78 is 22.5. The fourth-order valence-electron chi connectivity index (χ4n) is 6.71. The molecule has 0 amide bonds. The number of nitrogens with one attached hydrogen (secondary N) is 1. The molecule has 0 radical (unpaired) electrons. The average molecular weight is 478 g/mol. The third-order valence-electron chi connectivity index (χ3n) is 8.56. The molecule has 0 saturated carbocycles. The van der Waals surface area contributed by atoms with Crippen LogP contribution < -0.4 is 24.3 Å². The monoisotopic (exact) mass is 477 g/mol. The molecule has 0 fully saturated rings. The molecule has 1 aliphatic heterocycles. The van der Waals surface area contributed by atoms with Crippen molar-refractivity contribution in [1.82, 2.24) is 5.32 Å². The molecule has 5 nitrogen and oxygen atoms in total. The molecule has 5 rings (SSSR count). The molecule has 2 aliphatic carbocycles. The Labute approximate surface area is 209 Å². The summed E-state index contributed by atoms with van der Waals surface area (Å²) in [6.45, 7) is 3.32. The van der Waals surface area contributed by atoms with Crippen LogP contribution in [0.15, 0.2) is 35.4 Å². The maximum absolute atomic E-state index is 5.68. The normalized spacial score (nSPS) is 23.2. The van der Waals surface area contributed by atoms with E-state index >= 15 is 0 Å². The number of fused-ring (bicyclic) bond motifs is 4. The van der Waals surface area contributed by atoms with Crippen molar-refractivity contribution in [2.75, 3.05) is 35.0 Å². The van der Waals surface area contributed by atoms with E-state index in [1.807, 2.05) is 0 Å². The quantitative estimate of drug-likeness (QED) is 0.485. The topological polar surface area (TPSA) is 49.0 Å². The first-order valence-electron chi connectivity index (χ1n) is 13.0. The summed E-state index contributed by atoms with van der Waals surface area (Å²) in [7, 11) is 6.90. The number of rotatable bonds is 7. The molecule has 3 unspecified atom stereocenters. The van der Waals surface area contributed by atoms with Gasteiger partial charge in [0.1, 0.15) is 0 Å². The van der Waals surface area contributed by atoms with E-state index in [2.05, 4.69) is 36.5 Å². The van der Waals surface area contributed by atoms with Gasteiger partial charge in [-0.05, 0) is 110 Å². The number of methoxy groups -OCH3 is 4. The Hall–Kier alpha value is -2.66. The van der Waals surface area contributed by atoms with Crippen LogP contribution >= 0.6 is 0 Å².